The summed E-state index contributed by atoms with van der Waals surface area (Å²) in [4.78, 5) is 24.7. The third-order valence-corrected chi connectivity index (χ3v) is 4.27. The number of benzene rings is 2. The predicted molar refractivity (Wildman–Crippen MR) is 98.1 cm³/mol. The van der Waals surface area contributed by atoms with Crippen LogP contribution in [-0.4, -0.2) is 42.4 Å². The molecule has 0 aliphatic carbocycles. The average molecular weight is 362 g/mol. The average Bonchev–Trinajstić information content (AvgIpc) is 2.59. The molecule has 2 aromatic rings. The van der Waals surface area contributed by atoms with Crippen molar-refractivity contribution >= 4 is 23.2 Å². The quantitative estimate of drug-likeness (QED) is 0.607. The maximum atomic E-state index is 12.3. The minimum absolute atomic E-state index is 0.0109. The summed E-state index contributed by atoms with van der Waals surface area (Å²) >= 11 is 5.78. The van der Waals surface area contributed by atoms with E-state index in [0.717, 1.165) is 6.42 Å². The lowest BCUT2D eigenvalue weighted by Crippen LogP contribution is -2.41. The van der Waals surface area contributed by atoms with Crippen LogP contribution in [0.5, 0.6) is 0 Å². The van der Waals surface area contributed by atoms with Crippen LogP contribution in [0.3, 0.4) is 0 Å². The number of carbonyl (C=O) groups is 1. The van der Waals surface area contributed by atoms with Crippen molar-refractivity contribution in [1.82, 2.24) is 10.2 Å². The molecule has 0 saturated carbocycles. The molecule has 0 spiro atoms. The lowest BCUT2D eigenvalue weighted by molar-refractivity contribution is -0.384. The minimum atomic E-state index is -0.600. The Hall–Kier alpha value is -2.44. The van der Waals surface area contributed by atoms with Gasteiger partial charge in [0, 0.05) is 24.2 Å². The number of nitrogens with one attached hydrogen (secondary N) is 1. The SMILES string of the molecule is CN(C)[C@@H](CNC(=O)c1ccc(Cl)c([N+](=O)[O-])c1)Cc1ccccc1. The lowest BCUT2D eigenvalue weighted by Gasteiger charge is -2.24. The van der Waals surface area contributed by atoms with Gasteiger partial charge in [-0.15, -0.1) is 0 Å². The molecule has 1 N–H and O–H groups in total. The summed E-state index contributed by atoms with van der Waals surface area (Å²) in [6.07, 6.45) is 0.787. The largest absolute Gasteiger partial charge is 0.350 e. The molecule has 0 radical (unpaired) electrons. The van der Waals surface area contributed by atoms with Crippen LogP contribution < -0.4 is 5.32 Å². The molecule has 0 aliphatic rings. The molecule has 1 atom stereocenters. The Kier molecular flexibility index (Phi) is 6.50. The van der Waals surface area contributed by atoms with Gasteiger partial charge in [-0.1, -0.05) is 41.9 Å². The van der Waals surface area contributed by atoms with Crippen molar-refractivity contribution in [2.24, 2.45) is 0 Å². The number of nitro benzene ring substituents is 1. The fourth-order valence-electron chi connectivity index (χ4n) is 2.43. The summed E-state index contributed by atoms with van der Waals surface area (Å²) in [6, 6.07) is 14.1. The van der Waals surface area contributed by atoms with Crippen molar-refractivity contribution in [1.29, 1.82) is 0 Å². The van der Waals surface area contributed by atoms with Gasteiger partial charge in [0.15, 0.2) is 0 Å². The molecule has 6 nitrogen and oxygen atoms in total. The molecule has 7 heteroatoms. The van der Waals surface area contributed by atoms with Gasteiger partial charge in [0.2, 0.25) is 0 Å². The van der Waals surface area contributed by atoms with E-state index < -0.39 is 4.92 Å². The number of hydrogen-bond donors (Lipinski definition) is 1. The number of nitrogens with zero attached hydrogens (tertiary/aromatic N) is 2. The number of hydrogen-bond acceptors (Lipinski definition) is 4. The molecule has 0 unspecified atom stereocenters. The number of rotatable bonds is 7. The highest BCUT2D eigenvalue weighted by Gasteiger charge is 2.18. The molecule has 0 saturated heterocycles. The van der Waals surface area contributed by atoms with E-state index in [9.17, 15) is 14.9 Å². The van der Waals surface area contributed by atoms with Gasteiger partial charge in [-0.3, -0.25) is 14.9 Å². The Morgan fingerprint density at radius 3 is 2.52 bits per heavy atom. The molecular formula is C18H20ClN3O3. The van der Waals surface area contributed by atoms with Crippen molar-refractivity contribution in [3.63, 3.8) is 0 Å². The molecule has 0 bridgehead atoms. The van der Waals surface area contributed by atoms with Crippen molar-refractivity contribution in [2.45, 2.75) is 12.5 Å². The molecule has 1 amide bonds. The maximum Gasteiger partial charge on any atom is 0.288 e. The number of halogens is 1. The van der Waals surface area contributed by atoms with E-state index >= 15 is 0 Å². The Morgan fingerprint density at radius 1 is 1.24 bits per heavy atom. The second-order valence-corrected chi connectivity index (χ2v) is 6.35. The highest BCUT2D eigenvalue weighted by molar-refractivity contribution is 6.32. The molecule has 2 aromatic carbocycles. The number of carbonyl (C=O) groups excluding carboxylic acids is 1. The van der Waals surface area contributed by atoms with Crippen LogP contribution in [0.25, 0.3) is 0 Å². The van der Waals surface area contributed by atoms with Gasteiger partial charge in [0.05, 0.1) is 4.92 Å². The first-order valence-electron chi connectivity index (χ1n) is 7.81. The molecule has 0 aromatic heterocycles. The normalized spacial score (nSPS) is 12.0. The Bertz CT molecular complexity index is 750. The Morgan fingerprint density at radius 2 is 1.92 bits per heavy atom. The van der Waals surface area contributed by atoms with Crippen LogP contribution in [0.15, 0.2) is 48.5 Å². The summed E-state index contributed by atoms with van der Waals surface area (Å²) in [7, 11) is 3.90. The summed E-state index contributed by atoms with van der Waals surface area (Å²) in [5, 5.41) is 13.8. The number of nitro groups is 1. The summed E-state index contributed by atoms with van der Waals surface area (Å²) < 4.78 is 0. The zero-order valence-electron chi connectivity index (χ0n) is 14.1. The van der Waals surface area contributed by atoms with Crippen LogP contribution >= 0.6 is 11.6 Å². The van der Waals surface area contributed by atoms with E-state index in [1.165, 1.54) is 23.8 Å². The van der Waals surface area contributed by atoms with Gasteiger partial charge in [0.1, 0.15) is 5.02 Å². The van der Waals surface area contributed by atoms with Gasteiger partial charge in [-0.05, 0) is 38.2 Å². The number of likely N-dealkylation sites (N-methyl/N-ethyl adjacent to an activating group) is 1. The first-order chi connectivity index (χ1) is 11.9. The van der Waals surface area contributed by atoms with Crippen molar-refractivity contribution in [3.05, 3.63) is 74.8 Å². The summed E-state index contributed by atoms with van der Waals surface area (Å²) in [5.74, 6) is -0.361. The van der Waals surface area contributed by atoms with Crippen molar-refractivity contribution in [3.8, 4) is 0 Å². The molecule has 132 valence electrons. The zero-order chi connectivity index (χ0) is 18.4. The van der Waals surface area contributed by atoms with Crippen molar-refractivity contribution in [2.75, 3.05) is 20.6 Å². The lowest BCUT2D eigenvalue weighted by atomic mass is 10.0. The van der Waals surface area contributed by atoms with Crippen LogP contribution in [0.2, 0.25) is 5.02 Å². The van der Waals surface area contributed by atoms with Gasteiger partial charge in [-0.2, -0.15) is 0 Å². The van der Waals surface area contributed by atoms with E-state index in [0.29, 0.717) is 6.54 Å². The van der Waals surface area contributed by atoms with Gasteiger partial charge in [0.25, 0.3) is 11.6 Å². The molecule has 0 fully saturated rings. The predicted octanol–water partition coefficient (Wildman–Crippen LogP) is 3.15. The van der Waals surface area contributed by atoms with E-state index in [2.05, 4.69) is 5.32 Å². The first-order valence-corrected chi connectivity index (χ1v) is 8.18. The first kappa shape index (κ1) is 18.9. The molecule has 2 rings (SSSR count). The topological polar surface area (TPSA) is 75.5 Å². The monoisotopic (exact) mass is 361 g/mol. The van der Waals surface area contributed by atoms with E-state index in [-0.39, 0.29) is 28.2 Å². The minimum Gasteiger partial charge on any atom is -0.350 e. The Balaban J connectivity index is 2.04. The second kappa shape index (κ2) is 8.60. The fraction of sp³-hybridized carbons (Fsp3) is 0.278. The summed E-state index contributed by atoms with van der Waals surface area (Å²) in [6.45, 7) is 0.428. The van der Waals surface area contributed by atoms with E-state index in [1.807, 2.05) is 49.3 Å². The highest BCUT2D eigenvalue weighted by atomic mass is 35.5. The zero-order valence-corrected chi connectivity index (χ0v) is 14.9. The van der Waals surface area contributed by atoms with Crippen LogP contribution in [0, 0.1) is 10.1 Å². The van der Waals surface area contributed by atoms with E-state index in [1.54, 1.807) is 0 Å². The standard InChI is InChI=1S/C18H20ClN3O3/c1-21(2)15(10-13-6-4-3-5-7-13)12-20-18(23)14-8-9-16(19)17(11-14)22(24)25/h3-9,11,15H,10,12H2,1-2H3,(H,20,23)/t15-/m1/s1. The smallest absolute Gasteiger partial charge is 0.288 e. The fourth-order valence-corrected chi connectivity index (χ4v) is 2.62. The third-order valence-electron chi connectivity index (χ3n) is 3.95. The second-order valence-electron chi connectivity index (χ2n) is 5.94. The van der Waals surface area contributed by atoms with Crippen LogP contribution in [0.4, 0.5) is 5.69 Å². The third kappa shape index (κ3) is 5.27. The molecule has 0 aliphatic heterocycles. The number of amides is 1. The summed E-state index contributed by atoms with van der Waals surface area (Å²) in [5.41, 5.74) is 1.12. The van der Waals surface area contributed by atoms with Gasteiger partial charge < -0.3 is 10.2 Å². The van der Waals surface area contributed by atoms with Gasteiger partial charge in [-0.25, -0.2) is 0 Å². The molecule has 25 heavy (non-hydrogen) atoms. The molecular weight excluding hydrogens is 342 g/mol. The molecule has 0 heterocycles. The van der Waals surface area contributed by atoms with Crippen molar-refractivity contribution < 1.29 is 9.72 Å². The highest BCUT2D eigenvalue weighted by Crippen LogP contribution is 2.25. The van der Waals surface area contributed by atoms with Gasteiger partial charge >= 0.3 is 0 Å². The van der Waals surface area contributed by atoms with Crippen LogP contribution in [0.1, 0.15) is 15.9 Å². The maximum absolute atomic E-state index is 12.3. The van der Waals surface area contributed by atoms with E-state index in [4.69, 9.17) is 11.6 Å². The Labute approximate surface area is 151 Å². The van der Waals surface area contributed by atoms with Crippen LogP contribution in [-0.2, 0) is 6.42 Å².